The summed E-state index contributed by atoms with van der Waals surface area (Å²) in [4.78, 5) is 11.1. The molecule has 0 aliphatic rings. The van der Waals surface area contributed by atoms with Gasteiger partial charge in [0.25, 0.3) is 0 Å². The molecule has 0 aromatic carbocycles. The quantitative estimate of drug-likeness (QED) is 0.631. The highest BCUT2D eigenvalue weighted by Crippen LogP contribution is 2.43. The van der Waals surface area contributed by atoms with E-state index in [0.29, 0.717) is 12.3 Å². The Morgan fingerprint density at radius 3 is 1.94 bits per heavy atom. The molecule has 0 rings (SSSR count). The van der Waals surface area contributed by atoms with Crippen molar-refractivity contribution in [2.24, 2.45) is 11.3 Å². The van der Waals surface area contributed by atoms with Crippen LogP contribution in [0.2, 0.25) is 0 Å². The van der Waals surface area contributed by atoms with E-state index in [2.05, 4.69) is 27.7 Å². The van der Waals surface area contributed by atoms with E-state index in [1.807, 2.05) is 0 Å². The minimum atomic E-state index is -0.634. The van der Waals surface area contributed by atoms with Crippen molar-refractivity contribution in [3.63, 3.8) is 0 Å². The molecule has 0 bridgehead atoms. The van der Waals surface area contributed by atoms with Gasteiger partial charge in [-0.25, -0.2) is 0 Å². The van der Waals surface area contributed by atoms with Crippen molar-refractivity contribution < 1.29 is 9.90 Å². The fourth-order valence-corrected chi connectivity index (χ4v) is 3.00. The molecule has 0 aliphatic heterocycles. The molecular formula is C14H28O2. The van der Waals surface area contributed by atoms with Crippen LogP contribution in [0.3, 0.4) is 0 Å². The predicted octanol–water partition coefficient (Wildman–Crippen LogP) is 4.48. The van der Waals surface area contributed by atoms with Crippen LogP contribution in [0, 0.1) is 11.3 Å². The maximum Gasteiger partial charge on any atom is 0.303 e. The Labute approximate surface area is 100 Å². The van der Waals surface area contributed by atoms with Crippen LogP contribution in [0.5, 0.6) is 0 Å². The minimum Gasteiger partial charge on any atom is -0.481 e. The maximum atomic E-state index is 11.1. The van der Waals surface area contributed by atoms with E-state index in [9.17, 15) is 4.79 Å². The fourth-order valence-electron chi connectivity index (χ4n) is 3.00. The molecular weight excluding hydrogens is 200 g/mol. The van der Waals surface area contributed by atoms with Crippen molar-refractivity contribution in [1.29, 1.82) is 0 Å². The fraction of sp³-hybridized carbons (Fsp3) is 0.929. The Hall–Kier alpha value is -0.530. The van der Waals surface area contributed by atoms with E-state index >= 15 is 0 Å². The van der Waals surface area contributed by atoms with E-state index < -0.39 is 5.97 Å². The van der Waals surface area contributed by atoms with Crippen LogP contribution >= 0.6 is 0 Å². The highest BCUT2D eigenvalue weighted by atomic mass is 16.4. The summed E-state index contributed by atoms with van der Waals surface area (Å²) in [6, 6.07) is 0. The zero-order valence-corrected chi connectivity index (χ0v) is 11.4. The molecule has 1 N–H and O–H groups in total. The molecule has 0 amide bonds. The largest absolute Gasteiger partial charge is 0.481 e. The Morgan fingerprint density at radius 2 is 1.62 bits per heavy atom. The van der Waals surface area contributed by atoms with Gasteiger partial charge in [-0.15, -0.1) is 0 Å². The number of carboxylic acids is 1. The smallest absolute Gasteiger partial charge is 0.303 e. The number of carboxylic acid groups (broad SMARTS) is 1. The zero-order valence-electron chi connectivity index (χ0n) is 11.4. The number of rotatable bonds is 9. The highest BCUT2D eigenvalue weighted by molar-refractivity contribution is 5.67. The Balaban J connectivity index is 4.81. The highest BCUT2D eigenvalue weighted by Gasteiger charge is 2.35. The first-order chi connectivity index (χ1) is 7.52. The zero-order chi connectivity index (χ0) is 12.6. The van der Waals surface area contributed by atoms with Crippen LogP contribution in [0.1, 0.15) is 72.6 Å². The van der Waals surface area contributed by atoms with Gasteiger partial charge in [-0.3, -0.25) is 4.79 Å². The summed E-state index contributed by atoms with van der Waals surface area (Å²) in [7, 11) is 0. The lowest BCUT2D eigenvalue weighted by Crippen LogP contribution is -2.31. The molecule has 2 heteroatoms. The van der Waals surface area contributed by atoms with Crippen LogP contribution in [-0.4, -0.2) is 11.1 Å². The van der Waals surface area contributed by atoms with Gasteiger partial charge in [-0.2, -0.15) is 0 Å². The monoisotopic (exact) mass is 228 g/mol. The standard InChI is InChI=1S/C14H28O2/c1-5-8-12(4)14(9-6-2,10-7-3)11-13(15)16/h12H,5-11H2,1-4H3,(H,15,16). The van der Waals surface area contributed by atoms with Gasteiger partial charge in [0.15, 0.2) is 0 Å². The first-order valence-corrected chi connectivity index (χ1v) is 6.74. The van der Waals surface area contributed by atoms with Crippen molar-refractivity contribution in [2.45, 2.75) is 72.6 Å². The first kappa shape index (κ1) is 15.5. The summed E-state index contributed by atoms with van der Waals surface area (Å²) in [6.07, 6.45) is 6.91. The van der Waals surface area contributed by atoms with Gasteiger partial charge in [0.1, 0.15) is 0 Å². The topological polar surface area (TPSA) is 37.3 Å². The van der Waals surface area contributed by atoms with E-state index in [1.54, 1.807) is 0 Å². The van der Waals surface area contributed by atoms with Crippen LogP contribution in [0.25, 0.3) is 0 Å². The van der Waals surface area contributed by atoms with Crippen LogP contribution in [0.4, 0.5) is 0 Å². The summed E-state index contributed by atoms with van der Waals surface area (Å²) in [5.74, 6) is -0.113. The average molecular weight is 228 g/mol. The van der Waals surface area contributed by atoms with Crippen molar-refractivity contribution in [3.05, 3.63) is 0 Å². The van der Waals surface area contributed by atoms with E-state index in [-0.39, 0.29) is 5.41 Å². The second kappa shape index (κ2) is 7.70. The molecule has 0 heterocycles. The molecule has 0 aromatic rings. The van der Waals surface area contributed by atoms with Crippen molar-refractivity contribution in [3.8, 4) is 0 Å². The summed E-state index contributed by atoms with van der Waals surface area (Å²) < 4.78 is 0. The Kier molecular flexibility index (Phi) is 7.44. The Morgan fingerprint density at radius 1 is 1.12 bits per heavy atom. The molecule has 2 nitrogen and oxygen atoms in total. The average Bonchev–Trinajstić information content (AvgIpc) is 2.17. The molecule has 16 heavy (non-hydrogen) atoms. The van der Waals surface area contributed by atoms with E-state index in [0.717, 1.165) is 38.5 Å². The molecule has 0 fully saturated rings. The van der Waals surface area contributed by atoms with Crippen LogP contribution < -0.4 is 0 Å². The van der Waals surface area contributed by atoms with Crippen LogP contribution in [0.15, 0.2) is 0 Å². The molecule has 0 saturated heterocycles. The minimum absolute atomic E-state index is 0.0331. The lowest BCUT2D eigenvalue weighted by Gasteiger charge is -2.38. The summed E-state index contributed by atoms with van der Waals surface area (Å²) >= 11 is 0. The molecule has 1 unspecified atom stereocenters. The molecule has 0 saturated carbocycles. The van der Waals surface area contributed by atoms with Crippen molar-refractivity contribution in [1.82, 2.24) is 0 Å². The van der Waals surface area contributed by atoms with Crippen molar-refractivity contribution in [2.75, 3.05) is 0 Å². The van der Waals surface area contributed by atoms with Gasteiger partial charge in [0.05, 0.1) is 6.42 Å². The summed E-state index contributed by atoms with van der Waals surface area (Å²) in [5, 5.41) is 9.12. The third-order valence-corrected chi connectivity index (χ3v) is 3.77. The Bertz CT molecular complexity index is 193. The van der Waals surface area contributed by atoms with E-state index in [4.69, 9.17) is 5.11 Å². The lowest BCUT2D eigenvalue weighted by atomic mass is 9.66. The van der Waals surface area contributed by atoms with Gasteiger partial charge < -0.3 is 5.11 Å². The molecule has 0 aliphatic carbocycles. The second-order valence-corrected chi connectivity index (χ2v) is 5.12. The van der Waals surface area contributed by atoms with Crippen LogP contribution in [-0.2, 0) is 4.79 Å². The molecule has 0 radical (unpaired) electrons. The second-order valence-electron chi connectivity index (χ2n) is 5.12. The van der Waals surface area contributed by atoms with E-state index in [1.165, 1.54) is 0 Å². The van der Waals surface area contributed by atoms with Gasteiger partial charge in [0, 0.05) is 0 Å². The summed E-state index contributed by atoms with van der Waals surface area (Å²) in [6.45, 7) is 8.73. The molecule has 0 aromatic heterocycles. The molecule has 0 spiro atoms. The summed E-state index contributed by atoms with van der Waals surface area (Å²) in [5.41, 5.74) is 0.0331. The third-order valence-electron chi connectivity index (χ3n) is 3.77. The van der Waals surface area contributed by atoms with Gasteiger partial charge in [-0.1, -0.05) is 53.4 Å². The number of carbonyl (C=O) groups is 1. The lowest BCUT2D eigenvalue weighted by molar-refractivity contribution is -0.141. The number of hydrogen-bond donors (Lipinski definition) is 1. The maximum absolute atomic E-state index is 11.1. The van der Waals surface area contributed by atoms with Gasteiger partial charge in [0.2, 0.25) is 0 Å². The van der Waals surface area contributed by atoms with Crippen molar-refractivity contribution >= 4 is 5.97 Å². The molecule has 1 atom stereocenters. The normalized spacial score (nSPS) is 13.8. The van der Waals surface area contributed by atoms with Gasteiger partial charge in [-0.05, 0) is 24.2 Å². The third kappa shape index (κ3) is 4.54. The van der Waals surface area contributed by atoms with Gasteiger partial charge >= 0.3 is 5.97 Å². The number of aliphatic carboxylic acids is 1. The first-order valence-electron chi connectivity index (χ1n) is 6.74. The number of hydrogen-bond acceptors (Lipinski definition) is 1. The molecule has 96 valence electrons. The predicted molar refractivity (Wildman–Crippen MR) is 68.6 cm³/mol. The SMILES string of the molecule is CCCC(C)C(CCC)(CCC)CC(=O)O.